The molecule has 3 amide bonds. The molecule has 4 N–H and O–H groups in total. The molecule has 0 atom stereocenters. The third-order valence-electron chi connectivity index (χ3n) is 3.09. The molecular formula is C16H20N4O3. The molecule has 2 rings (SSSR count). The van der Waals surface area contributed by atoms with Crippen LogP contribution >= 0.6 is 0 Å². The van der Waals surface area contributed by atoms with Crippen molar-refractivity contribution in [3.05, 3.63) is 47.7 Å². The van der Waals surface area contributed by atoms with Gasteiger partial charge in [-0.25, -0.2) is 9.78 Å². The van der Waals surface area contributed by atoms with Crippen molar-refractivity contribution in [3.8, 4) is 0 Å². The third-order valence-corrected chi connectivity index (χ3v) is 3.09. The van der Waals surface area contributed by atoms with Crippen molar-refractivity contribution < 1.29 is 14.0 Å². The maximum absolute atomic E-state index is 12.1. The van der Waals surface area contributed by atoms with E-state index >= 15 is 0 Å². The zero-order valence-electron chi connectivity index (χ0n) is 13.3. The fraction of sp³-hybridized carbons (Fsp3) is 0.312. The van der Waals surface area contributed by atoms with E-state index in [0.29, 0.717) is 17.1 Å². The maximum Gasteiger partial charge on any atom is 0.316 e. The van der Waals surface area contributed by atoms with E-state index in [1.54, 1.807) is 24.4 Å². The highest BCUT2D eigenvalue weighted by Gasteiger charge is 2.19. The van der Waals surface area contributed by atoms with Crippen LogP contribution in [0.4, 0.5) is 10.5 Å². The normalized spacial score (nSPS) is 11.1. The summed E-state index contributed by atoms with van der Waals surface area (Å²) < 4.78 is 5.61. The average Bonchev–Trinajstić information content (AvgIpc) is 2.93. The Kier molecular flexibility index (Phi) is 4.68. The molecule has 0 fully saturated rings. The van der Waals surface area contributed by atoms with Crippen LogP contribution in [0.15, 0.2) is 34.9 Å². The lowest BCUT2D eigenvalue weighted by Crippen LogP contribution is -2.23. The number of aromatic nitrogens is 1. The van der Waals surface area contributed by atoms with Gasteiger partial charge in [0, 0.05) is 16.7 Å². The second-order valence-electron chi connectivity index (χ2n) is 6.12. The number of urea groups is 1. The summed E-state index contributed by atoms with van der Waals surface area (Å²) in [4.78, 5) is 27.1. The molecule has 122 valence electrons. The first kappa shape index (κ1) is 16.5. The predicted molar refractivity (Wildman–Crippen MR) is 86.0 cm³/mol. The van der Waals surface area contributed by atoms with Crippen molar-refractivity contribution in [2.75, 3.05) is 5.32 Å². The van der Waals surface area contributed by atoms with Gasteiger partial charge in [0.05, 0.1) is 12.7 Å². The molecule has 0 saturated carbocycles. The molecule has 0 saturated heterocycles. The molecule has 7 heteroatoms. The minimum absolute atomic E-state index is 0.135. The Hall–Kier alpha value is -2.83. The first-order valence-corrected chi connectivity index (χ1v) is 7.15. The van der Waals surface area contributed by atoms with E-state index in [2.05, 4.69) is 15.6 Å². The number of carbonyl (C=O) groups is 2. The third kappa shape index (κ3) is 4.57. The number of amides is 3. The fourth-order valence-electron chi connectivity index (χ4n) is 1.88. The molecule has 0 unspecified atom stereocenters. The van der Waals surface area contributed by atoms with Gasteiger partial charge in [0.25, 0.3) is 5.91 Å². The number of benzene rings is 1. The summed E-state index contributed by atoms with van der Waals surface area (Å²) in [5.41, 5.74) is 5.77. The van der Waals surface area contributed by atoms with E-state index in [9.17, 15) is 9.59 Å². The summed E-state index contributed by atoms with van der Waals surface area (Å²) in [7, 11) is 0. The number of primary amides is 1. The van der Waals surface area contributed by atoms with Crippen molar-refractivity contribution >= 4 is 17.6 Å². The quantitative estimate of drug-likeness (QED) is 0.804. The van der Waals surface area contributed by atoms with Crippen LogP contribution in [0.25, 0.3) is 0 Å². The molecule has 0 spiro atoms. The molecule has 0 aliphatic rings. The van der Waals surface area contributed by atoms with Gasteiger partial charge in [0.15, 0.2) is 0 Å². The molecule has 0 radical (unpaired) electrons. The van der Waals surface area contributed by atoms with Gasteiger partial charge >= 0.3 is 6.03 Å². The number of hydrogen-bond donors (Lipinski definition) is 3. The highest BCUT2D eigenvalue weighted by atomic mass is 16.4. The van der Waals surface area contributed by atoms with Gasteiger partial charge in [-0.3, -0.25) is 4.79 Å². The molecule has 7 nitrogen and oxygen atoms in total. The number of oxazole rings is 1. The Labute approximate surface area is 134 Å². The van der Waals surface area contributed by atoms with Crippen LogP contribution < -0.4 is 16.4 Å². The second-order valence-corrected chi connectivity index (χ2v) is 6.12. The highest BCUT2D eigenvalue weighted by molar-refractivity contribution is 5.96. The standard InChI is InChI=1S/C16H20N4O3/c1-16(2,3)12-8-18-13(23-12)9-19-14(21)10-5-4-6-11(7-10)20-15(17)22/h4-8H,9H2,1-3H3,(H,19,21)(H3,17,20,22). The first-order chi connectivity index (χ1) is 10.8. The number of hydrogen-bond acceptors (Lipinski definition) is 4. The number of nitrogens with one attached hydrogen (secondary N) is 2. The number of rotatable bonds is 4. The van der Waals surface area contributed by atoms with Crippen LogP contribution in [0, 0.1) is 0 Å². The molecule has 1 aromatic heterocycles. The predicted octanol–water partition coefficient (Wildman–Crippen LogP) is 2.39. The van der Waals surface area contributed by atoms with Crippen LogP contribution in [0.3, 0.4) is 0 Å². The van der Waals surface area contributed by atoms with Gasteiger partial charge in [0.1, 0.15) is 5.76 Å². The number of nitrogens with zero attached hydrogens (tertiary/aromatic N) is 1. The smallest absolute Gasteiger partial charge is 0.316 e. The van der Waals surface area contributed by atoms with Crippen molar-refractivity contribution in [2.24, 2.45) is 5.73 Å². The van der Waals surface area contributed by atoms with E-state index in [4.69, 9.17) is 10.2 Å². The molecule has 2 aromatic rings. The van der Waals surface area contributed by atoms with Gasteiger partial charge < -0.3 is 20.8 Å². The van der Waals surface area contributed by atoms with E-state index in [-0.39, 0.29) is 17.9 Å². The number of nitrogens with two attached hydrogens (primary N) is 1. The van der Waals surface area contributed by atoms with Crippen molar-refractivity contribution in [3.63, 3.8) is 0 Å². The number of anilines is 1. The minimum Gasteiger partial charge on any atom is -0.443 e. The van der Waals surface area contributed by atoms with E-state index in [1.165, 1.54) is 6.07 Å². The zero-order chi connectivity index (χ0) is 17.0. The van der Waals surface area contributed by atoms with Gasteiger partial charge in [-0.15, -0.1) is 0 Å². The summed E-state index contributed by atoms with van der Waals surface area (Å²) in [6, 6.07) is 5.79. The summed E-state index contributed by atoms with van der Waals surface area (Å²) in [5.74, 6) is 0.901. The maximum atomic E-state index is 12.1. The van der Waals surface area contributed by atoms with E-state index < -0.39 is 6.03 Å². The average molecular weight is 316 g/mol. The first-order valence-electron chi connectivity index (χ1n) is 7.15. The lowest BCUT2D eigenvalue weighted by Gasteiger charge is -2.13. The molecule has 0 aliphatic carbocycles. The molecule has 23 heavy (non-hydrogen) atoms. The highest BCUT2D eigenvalue weighted by Crippen LogP contribution is 2.22. The van der Waals surface area contributed by atoms with Gasteiger partial charge in [-0.05, 0) is 18.2 Å². The Morgan fingerprint density at radius 1 is 1.30 bits per heavy atom. The van der Waals surface area contributed by atoms with E-state index in [1.807, 2.05) is 20.8 Å². The Morgan fingerprint density at radius 3 is 2.65 bits per heavy atom. The summed E-state index contributed by atoms with van der Waals surface area (Å²) >= 11 is 0. The molecule has 1 aromatic carbocycles. The van der Waals surface area contributed by atoms with Gasteiger partial charge in [0.2, 0.25) is 5.89 Å². The molecule has 0 bridgehead atoms. The van der Waals surface area contributed by atoms with E-state index in [0.717, 1.165) is 5.76 Å². The molecule has 0 aliphatic heterocycles. The van der Waals surface area contributed by atoms with Crippen LogP contribution in [-0.2, 0) is 12.0 Å². The second kappa shape index (κ2) is 6.51. The van der Waals surface area contributed by atoms with Crippen LogP contribution in [0.2, 0.25) is 0 Å². The lowest BCUT2D eigenvalue weighted by atomic mass is 9.94. The summed E-state index contributed by atoms with van der Waals surface area (Å²) in [6.45, 7) is 6.25. The summed E-state index contributed by atoms with van der Waals surface area (Å²) in [5, 5.41) is 5.14. The number of carbonyl (C=O) groups excluding carboxylic acids is 2. The Bertz CT molecular complexity index is 716. The monoisotopic (exact) mass is 316 g/mol. The molecule has 1 heterocycles. The minimum atomic E-state index is -0.683. The Morgan fingerprint density at radius 2 is 2.04 bits per heavy atom. The van der Waals surface area contributed by atoms with Crippen molar-refractivity contribution in [2.45, 2.75) is 32.7 Å². The van der Waals surface area contributed by atoms with Crippen LogP contribution in [-0.4, -0.2) is 16.9 Å². The Balaban J connectivity index is 1.99. The summed E-state index contributed by atoms with van der Waals surface area (Å²) in [6.07, 6.45) is 1.67. The lowest BCUT2D eigenvalue weighted by molar-refractivity contribution is 0.0947. The van der Waals surface area contributed by atoms with Crippen molar-refractivity contribution in [1.82, 2.24) is 10.3 Å². The van der Waals surface area contributed by atoms with Crippen LogP contribution in [0.5, 0.6) is 0 Å². The molecular weight excluding hydrogens is 296 g/mol. The topological polar surface area (TPSA) is 110 Å². The fourth-order valence-corrected chi connectivity index (χ4v) is 1.88. The largest absolute Gasteiger partial charge is 0.443 e. The van der Waals surface area contributed by atoms with Gasteiger partial charge in [-0.2, -0.15) is 0 Å². The SMILES string of the molecule is CC(C)(C)c1cnc(CNC(=O)c2cccc(NC(N)=O)c2)o1. The van der Waals surface area contributed by atoms with Crippen LogP contribution in [0.1, 0.15) is 42.8 Å². The van der Waals surface area contributed by atoms with Crippen molar-refractivity contribution in [1.29, 1.82) is 0 Å². The van der Waals surface area contributed by atoms with Gasteiger partial charge in [-0.1, -0.05) is 26.8 Å². The zero-order valence-corrected chi connectivity index (χ0v) is 13.3.